The van der Waals surface area contributed by atoms with Crippen LogP contribution in [0.5, 0.6) is 0 Å². The number of fused-ring (bicyclic) bond motifs is 3. The highest BCUT2D eigenvalue weighted by Crippen LogP contribution is 2.44. The molecule has 0 spiro atoms. The maximum absolute atomic E-state index is 13.4. The van der Waals surface area contributed by atoms with Crippen LogP contribution >= 0.6 is 0 Å². The maximum atomic E-state index is 13.4. The number of hydrogen-bond acceptors (Lipinski definition) is 3. The smallest absolute Gasteiger partial charge is 0.407 e. The molecular weight excluding hydrogens is 386 g/mol. The predicted octanol–water partition coefficient (Wildman–Crippen LogP) is 4.64. The molecule has 1 N–H and O–H groups in total. The molecule has 1 amide bonds. The van der Waals surface area contributed by atoms with E-state index in [9.17, 15) is 13.6 Å². The zero-order chi connectivity index (χ0) is 20.9. The standard InChI is InChI=1S/C24H18F2N2O2/c25-22-13-12-16(23(26)28-22)7-5-6-14-27-24(29)30-15-21-19-10-3-1-8-17(19)18-9-2-4-11-20(18)21/h1-4,8-13,21H,6,14-15H2,(H,27,29). The fraction of sp³-hybridized carbons (Fsp3) is 0.167. The molecule has 4 rings (SSSR count). The highest BCUT2D eigenvalue weighted by Gasteiger charge is 2.28. The molecule has 6 heteroatoms. The number of amides is 1. The number of nitrogens with zero attached hydrogens (tertiary/aromatic N) is 1. The molecule has 0 aliphatic heterocycles. The topological polar surface area (TPSA) is 51.2 Å². The molecule has 0 unspecified atom stereocenters. The van der Waals surface area contributed by atoms with E-state index in [-0.39, 0.29) is 24.6 Å². The first-order valence-electron chi connectivity index (χ1n) is 9.53. The number of pyridine rings is 1. The monoisotopic (exact) mass is 404 g/mol. The first kappa shape index (κ1) is 19.6. The third-order valence-electron chi connectivity index (χ3n) is 4.90. The number of carbonyl (C=O) groups is 1. The minimum absolute atomic E-state index is 0.00288. The van der Waals surface area contributed by atoms with Gasteiger partial charge in [-0.1, -0.05) is 60.4 Å². The second-order valence-electron chi connectivity index (χ2n) is 6.78. The minimum Gasteiger partial charge on any atom is -0.449 e. The van der Waals surface area contributed by atoms with Crippen molar-refractivity contribution in [1.29, 1.82) is 0 Å². The van der Waals surface area contributed by atoms with E-state index in [4.69, 9.17) is 4.74 Å². The Kier molecular flexibility index (Phi) is 5.71. The number of nitrogens with one attached hydrogen (secondary N) is 1. The summed E-state index contributed by atoms with van der Waals surface area (Å²) in [6, 6.07) is 18.5. The van der Waals surface area contributed by atoms with E-state index in [1.807, 2.05) is 24.3 Å². The van der Waals surface area contributed by atoms with Gasteiger partial charge in [-0.05, 0) is 34.4 Å². The van der Waals surface area contributed by atoms with Gasteiger partial charge in [0.25, 0.3) is 0 Å². The molecule has 0 bridgehead atoms. The number of hydrogen-bond donors (Lipinski definition) is 1. The molecule has 4 nitrogen and oxygen atoms in total. The van der Waals surface area contributed by atoms with Gasteiger partial charge >= 0.3 is 6.09 Å². The van der Waals surface area contributed by atoms with Gasteiger partial charge in [0.15, 0.2) is 0 Å². The van der Waals surface area contributed by atoms with Crippen molar-refractivity contribution in [1.82, 2.24) is 10.3 Å². The van der Waals surface area contributed by atoms with Crippen LogP contribution < -0.4 is 5.32 Å². The average molecular weight is 404 g/mol. The first-order valence-corrected chi connectivity index (χ1v) is 9.53. The van der Waals surface area contributed by atoms with E-state index in [0.717, 1.165) is 17.2 Å². The Balaban J connectivity index is 1.29. The lowest BCUT2D eigenvalue weighted by molar-refractivity contribution is 0.143. The Morgan fingerprint density at radius 1 is 1.00 bits per heavy atom. The fourth-order valence-electron chi connectivity index (χ4n) is 3.54. The number of alkyl carbamates (subject to hydrolysis) is 1. The van der Waals surface area contributed by atoms with Gasteiger partial charge in [0.05, 0.1) is 5.56 Å². The number of ether oxygens (including phenoxy) is 1. The van der Waals surface area contributed by atoms with Crippen molar-refractivity contribution >= 4 is 6.09 Å². The predicted molar refractivity (Wildman–Crippen MR) is 109 cm³/mol. The van der Waals surface area contributed by atoms with Gasteiger partial charge in [-0.25, -0.2) is 4.79 Å². The molecule has 1 aliphatic carbocycles. The van der Waals surface area contributed by atoms with Crippen molar-refractivity contribution in [2.75, 3.05) is 13.2 Å². The molecule has 3 aromatic rings. The molecule has 2 aromatic carbocycles. The highest BCUT2D eigenvalue weighted by atomic mass is 19.1. The Hall–Kier alpha value is -3.72. The normalized spacial score (nSPS) is 11.8. The maximum Gasteiger partial charge on any atom is 0.407 e. The van der Waals surface area contributed by atoms with Crippen LogP contribution in [0.1, 0.15) is 29.0 Å². The first-order chi connectivity index (χ1) is 14.6. The summed E-state index contributed by atoms with van der Waals surface area (Å²) in [4.78, 5) is 15.1. The molecule has 1 aromatic heterocycles. The van der Waals surface area contributed by atoms with Crippen LogP contribution in [-0.2, 0) is 4.74 Å². The van der Waals surface area contributed by atoms with Crippen molar-refractivity contribution in [2.24, 2.45) is 0 Å². The van der Waals surface area contributed by atoms with Crippen molar-refractivity contribution in [3.8, 4) is 23.0 Å². The fourth-order valence-corrected chi connectivity index (χ4v) is 3.54. The zero-order valence-corrected chi connectivity index (χ0v) is 16.0. The second-order valence-corrected chi connectivity index (χ2v) is 6.78. The molecule has 1 aliphatic rings. The van der Waals surface area contributed by atoms with Gasteiger partial charge in [-0.2, -0.15) is 13.8 Å². The van der Waals surface area contributed by atoms with Gasteiger partial charge in [0.2, 0.25) is 11.9 Å². The molecule has 0 fully saturated rings. The van der Waals surface area contributed by atoms with Gasteiger partial charge in [0, 0.05) is 18.9 Å². The van der Waals surface area contributed by atoms with E-state index in [1.54, 1.807) is 0 Å². The van der Waals surface area contributed by atoms with Crippen LogP contribution in [0.25, 0.3) is 11.1 Å². The van der Waals surface area contributed by atoms with Crippen LogP contribution in [0.15, 0.2) is 60.7 Å². The van der Waals surface area contributed by atoms with E-state index in [1.165, 1.54) is 17.2 Å². The molecule has 0 radical (unpaired) electrons. The van der Waals surface area contributed by atoms with E-state index >= 15 is 0 Å². The van der Waals surface area contributed by atoms with Crippen LogP contribution in [0.4, 0.5) is 13.6 Å². The van der Waals surface area contributed by atoms with Crippen LogP contribution in [0.2, 0.25) is 0 Å². The van der Waals surface area contributed by atoms with Crippen molar-refractivity contribution in [3.05, 3.63) is 89.2 Å². The average Bonchev–Trinajstić information content (AvgIpc) is 3.07. The summed E-state index contributed by atoms with van der Waals surface area (Å²) in [6.45, 7) is 0.484. The summed E-state index contributed by atoms with van der Waals surface area (Å²) in [5, 5.41) is 2.63. The summed E-state index contributed by atoms with van der Waals surface area (Å²) in [5.74, 6) is 3.44. The largest absolute Gasteiger partial charge is 0.449 e. The van der Waals surface area contributed by atoms with Gasteiger partial charge in [0.1, 0.15) is 6.61 Å². The molecular formula is C24H18F2N2O2. The van der Waals surface area contributed by atoms with E-state index in [0.29, 0.717) is 6.42 Å². The number of rotatable bonds is 4. The second kappa shape index (κ2) is 8.75. The summed E-state index contributed by atoms with van der Waals surface area (Å²) in [6.07, 6.45) is -0.241. The van der Waals surface area contributed by atoms with Crippen LogP contribution in [-0.4, -0.2) is 24.2 Å². The Bertz CT molecular complexity index is 1110. The summed E-state index contributed by atoms with van der Waals surface area (Å²) < 4.78 is 31.6. The third kappa shape index (κ3) is 4.15. The van der Waals surface area contributed by atoms with E-state index in [2.05, 4.69) is 46.4 Å². The summed E-state index contributed by atoms with van der Waals surface area (Å²) >= 11 is 0. The number of halogens is 2. The quantitative estimate of drug-likeness (QED) is 0.392. The lowest BCUT2D eigenvalue weighted by Gasteiger charge is -2.14. The van der Waals surface area contributed by atoms with Crippen LogP contribution in [0, 0.1) is 23.7 Å². The van der Waals surface area contributed by atoms with Crippen molar-refractivity contribution in [2.45, 2.75) is 12.3 Å². The molecule has 0 saturated heterocycles. The van der Waals surface area contributed by atoms with Gasteiger partial charge in [-0.15, -0.1) is 0 Å². The van der Waals surface area contributed by atoms with Crippen molar-refractivity contribution < 1.29 is 18.3 Å². The van der Waals surface area contributed by atoms with Gasteiger partial charge in [-0.3, -0.25) is 0 Å². The summed E-state index contributed by atoms with van der Waals surface area (Å²) in [5.41, 5.74) is 4.64. The zero-order valence-electron chi connectivity index (χ0n) is 16.0. The Morgan fingerprint density at radius 3 is 2.33 bits per heavy atom. The van der Waals surface area contributed by atoms with Gasteiger partial charge < -0.3 is 10.1 Å². The lowest BCUT2D eigenvalue weighted by Crippen LogP contribution is -2.26. The lowest BCUT2D eigenvalue weighted by atomic mass is 9.98. The number of aromatic nitrogens is 1. The SMILES string of the molecule is O=C(NCCC#Cc1ccc(F)nc1F)OCC1c2ccccc2-c2ccccc21. The Morgan fingerprint density at radius 2 is 1.67 bits per heavy atom. The molecule has 1 heterocycles. The van der Waals surface area contributed by atoms with E-state index < -0.39 is 18.0 Å². The highest BCUT2D eigenvalue weighted by molar-refractivity contribution is 5.79. The van der Waals surface area contributed by atoms with Crippen molar-refractivity contribution in [3.63, 3.8) is 0 Å². The molecule has 0 saturated carbocycles. The molecule has 30 heavy (non-hydrogen) atoms. The third-order valence-corrected chi connectivity index (χ3v) is 4.90. The molecule has 0 atom stereocenters. The Labute approximate surface area is 172 Å². The number of carbonyl (C=O) groups excluding carboxylic acids is 1. The van der Waals surface area contributed by atoms with Crippen LogP contribution in [0.3, 0.4) is 0 Å². The molecule has 150 valence electrons. The minimum atomic E-state index is -0.952. The number of benzene rings is 2. The summed E-state index contributed by atoms with van der Waals surface area (Å²) in [7, 11) is 0.